The van der Waals surface area contributed by atoms with Crippen LogP contribution in [-0.2, 0) is 27.1 Å². The van der Waals surface area contributed by atoms with Gasteiger partial charge in [-0.15, -0.1) is 0 Å². The van der Waals surface area contributed by atoms with Crippen molar-refractivity contribution in [2.75, 3.05) is 9.80 Å². The topological polar surface area (TPSA) is 32.3 Å². The molecule has 0 N–H and O–H groups in total. The molecule has 93 heavy (non-hydrogen) atoms. The Morgan fingerprint density at radius 1 is 0.226 bits per heavy atom. The summed E-state index contributed by atoms with van der Waals surface area (Å²) in [4.78, 5) is 14.0. The molecule has 450 valence electrons. The first kappa shape index (κ1) is 56.6. The van der Waals surface area contributed by atoms with E-state index in [2.05, 4.69) is 320 Å². The summed E-state index contributed by atoms with van der Waals surface area (Å²) < 4.78 is 0. The van der Waals surface area contributed by atoms with Gasteiger partial charge in [0.2, 0.25) is 0 Å². The molecule has 4 heteroatoms. The first-order valence-electron chi connectivity index (χ1n) is 33.0. The van der Waals surface area contributed by atoms with Crippen LogP contribution in [0.2, 0.25) is 0 Å². The van der Waals surface area contributed by atoms with Crippen molar-refractivity contribution in [3.8, 4) is 55.6 Å². The molecule has 0 fully saturated rings. The third-order valence-corrected chi connectivity index (χ3v) is 22.0. The van der Waals surface area contributed by atoms with E-state index < -0.39 is 0 Å². The van der Waals surface area contributed by atoms with Crippen LogP contribution in [0.15, 0.2) is 243 Å². The standard InChI is InChI=1S/C89H74N4/c1-85(2)75-21-13-11-19-65(75)71-39-31-59(49-81(71)85)92(63-17-15-43-90-53-63)61-33-41-73-69-37-29-57(47-79(69)88(7,8)83(73)51-61)25-23-55-27-35-67-68-36-28-56(46-78(68)87(5,6)77(67)45-55)24-26-58-30-38-70-74-42-34-62(52-84(74)89(9,10)80(70)48-58)93(64-18-16-44-91-54-64)60-32-40-72-66-20-12-14-22-76(66)86(3,4)82(72)50-60/h11-54H,1-10H3. The first-order valence-corrected chi connectivity index (χ1v) is 33.0. The van der Waals surface area contributed by atoms with Gasteiger partial charge in [-0.2, -0.15) is 0 Å². The number of anilines is 6. The van der Waals surface area contributed by atoms with Gasteiger partial charge < -0.3 is 9.80 Å². The molecule has 4 nitrogen and oxygen atoms in total. The molecule has 0 aliphatic heterocycles. The number of pyridine rings is 2. The maximum absolute atomic E-state index is 4.61. The Morgan fingerprint density at radius 3 is 0.731 bits per heavy atom. The largest absolute Gasteiger partial charge is 0.309 e. The molecule has 0 unspecified atom stereocenters. The van der Waals surface area contributed by atoms with Crippen LogP contribution >= 0.6 is 0 Å². The average Bonchev–Trinajstić information content (AvgIpc) is 1.62. The monoisotopic (exact) mass is 1200 g/mol. The molecule has 5 aliphatic rings. The Morgan fingerprint density at radius 2 is 0.462 bits per heavy atom. The molecule has 0 saturated heterocycles. The van der Waals surface area contributed by atoms with Crippen molar-refractivity contribution in [3.05, 3.63) is 321 Å². The van der Waals surface area contributed by atoms with Crippen LogP contribution in [0.3, 0.4) is 0 Å². The minimum absolute atomic E-state index is 0.110. The summed E-state index contributed by atoms with van der Waals surface area (Å²) in [7, 11) is 0. The van der Waals surface area contributed by atoms with Gasteiger partial charge in [0, 0.05) is 62.2 Å². The Bertz CT molecular complexity index is 4860. The minimum Gasteiger partial charge on any atom is -0.309 e. The summed E-state index contributed by atoms with van der Waals surface area (Å²) in [6.07, 6.45) is 16.9. The van der Waals surface area contributed by atoms with Crippen molar-refractivity contribution >= 4 is 58.4 Å². The second-order valence-corrected chi connectivity index (χ2v) is 29.1. The van der Waals surface area contributed by atoms with Gasteiger partial charge in [0.25, 0.3) is 0 Å². The molecule has 0 radical (unpaired) electrons. The van der Waals surface area contributed by atoms with E-state index in [0.717, 1.165) is 34.1 Å². The smallest absolute Gasteiger partial charge is 0.0644 e. The van der Waals surface area contributed by atoms with Gasteiger partial charge in [-0.25, -0.2) is 0 Å². The van der Waals surface area contributed by atoms with Crippen molar-refractivity contribution < 1.29 is 0 Å². The molecule has 0 saturated carbocycles. The van der Waals surface area contributed by atoms with Crippen LogP contribution in [0.4, 0.5) is 34.1 Å². The summed E-state index contributed by atoms with van der Waals surface area (Å²) in [5.74, 6) is 0. The van der Waals surface area contributed by atoms with E-state index in [9.17, 15) is 0 Å². The van der Waals surface area contributed by atoms with Gasteiger partial charge in [0.05, 0.1) is 23.8 Å². The van der Waals surface area contributed by atoms with E-state index in [0.29, 0.717) is 0 Å². The van der Waals surface area contributed by atoms with E-state index in [1.807, 2.05) is 36.9 Å². The summed E-state index contributed by atoms with van der Waals surface area (Å²) in [5, 5.41) is 0. The zero-order chi connectivity index (χ0) is 63.5. The lowest BCUT2D eigenvalue weighted by Gasteiger charge is -2.29. The highest BCUT2D eigenvalue weighted by Gasteiger charge is 2.41. The molecule has 2 aromatic heterocycles. The highest BCUT2D eigenvalue weighted by atomic mass is 15.2. The third-order valence-electron chi connectivity index (χ3n) is 22.0. The molecule has 10 aromatic carbocycles. The van der Waals surface area contributed by atoms with Gasteiger partial charge in [-0.05, 0) is 206 Å². The number of nitrogens with zero attached hydrogens (tertiary/aromatic N) is 4. The first-order chi connectivity index (χ1) is 44.8. The quantitative estimate of drug-likeness (QED) is 0.128. The fourth-order valence-electron chi connectivity index (χ4n) is 16.9. The number of aromatic nitrogens is 2. The number of hydrogen-bond donors (Lipinski definition) is 0. The maximum Gasteiger partial charge on any atom is 0.0644 e. The Kier molecular flexibility index (Phi) is 12.3. The van der Waals surface area contributed by atoms with Crippen LogP contribution in [0.25, 0.3) is 79.9 Å². The Balaban J connectivity index is 0.609. The van der Waals surface area contributed by atoms with Crippen molar-refractivity contribution in [3.63, 3.8) is 0 Å². The summed E-state index contributed by atoms with van der Waals surface area (Å²) in [6.45, 7) is 23.7. The third kappa shape index (κ3) is 8.57. The summed E-state index contributed by atoms with van der Waals surface area (Å²) in [6, 6.07) is 82.4. The van der Waals surface area contributed by atoms with Crippen LogP contribution < -0.4 is 9.80 Å². The molecule has 5 aliphatic carbocycles. The number of fused-ring (bicyclic) bond motifs is 15. The van der Waals surface area contributed by atoms with Crippen molar-refractivity contribution in [1.29, 1.82) is 0 Å². The van der Waals surface area contributed by atoms with Gasteiger partial charge in [0.1, 0.15) is 0 Å². The minimum atomic E-state index is -0.220. The lowest BCUT2D eigenvalue weighted by Crippen LogP contribution is -2.18. The van der Waals surface area contributed by atoms with E-state index in [-0.39, 0.29) is 27.1 Å². The van der Waals surface area contributed by atoms with Crippen molar-refractivity contribution in [1.82, 2.24) is 9.97 Å². The van der Waals surface area contributed by atoms with Crippen molar-refractivity contribution in [2.45, 2.75) is 96.3 Å². The van der Waals surface area contributed by atoms with E-state index >= 15 is 0 Å². The highest BCUT2D eigenvalue weighted by molar-refractivity contribution is 5.93. The lowest BCUT2D eigenvalue weighted by molar-refractivity contribution is 0.659. The van der Waals surface area contributed by atoms with Gasteiger partial charge >= 0.3 is 0 Å². The van der Waals surface area contributed by atoms with Crippen LogP contribution in [0.5, 0.6) is 0 Å². The highest BCUT2D eigenvalue weighted by Crippen LogP contribution is 2.57. The zero-order valence-electron chi connectivity index (χ0n) is 54.7. The number of rotatable bonds is 10. The molecule has 0 amide bonds. The lowest BCUT2D eigenvalue weighted by atomic mass is 9.81. The Labute approximate surface area is 548 Å². The predicted molar refractivity (Wildman–Crippen MR) is 390 cm³/mol. The van der Waals surface area contributed by atoms with Crippen LogP contribution in [0.1, 0.15) is 147 Å². The van der Waals surface area contributed by atoms with E-state index in [1.165, 1.54) is 134 Å². The SMILES string of the molecule is CC1(C)c2cc(C=Cc3ccc4c(c3)C(C)(C)c3cc(N(c5cccnc5)c5ccc6c(c5)C(C)(C)c5ccccc5-6)ccc3-4)ccc2-c2ccc(C=Cc3ccc4c(c3)C(C)(C)c3cc(N(c5cccnc5)c5ccc6c(c5)C(C)(C)c5ccccc5-6)ccc3-4)cc21. The molecule has 12 aromatic rings. The van der Waals surface area contributed by atoms with Crippen LogP contribution in [0, 0.1) is 0 Å². The second kappa shape index (κ2) is 20.3. The molecular weight excluding hydrogens is 1130 g/mol. The van der Waals surface area contributed by atoms with E-state index in [4.69, 9.17) is 0 Å². The summed E-state index contributed by atoms with van der Waals surface area (Å²) >= 11 is 0. The maximum atomic E-state index is 4.61. The molecular formula is C89H74N4. The van der Waals surface area contributed by atoms with E-state index in [1.54, 1.807) is 0 Å². The molecule has 0 spiro atoms. The van der Waals surface area contributed by atoms with Gasteiger partial charge in [-0.1, -0.05) is 239 Å². The van der Waals surface area contributed by atoms with Gasteiger partial charge in [-0.3, -0.25) is 9.97 Å². The normalized spacial score (nSPS) is 16.0. The number of hydrogen-bond acceptors (Lipinski definition) is 4. The predicted octanol–water partition coefficient (Wildman–Crippen LogP) is 23.3. The average molecular weight is 1200 g/mol. The fourth-order valence-corrected chi connectivity index (χ4v) is 16.9. The molecule has 2 heterocycles. The summed E-state index contributed by atoms with van der Waals surface area (Å²) in [5.41, 5.74) is 37.3. The molecule has 17 rings (SSSR count). The van der Waals surface area contributed by atoms with Gasteiger partial charge in [0.15, 0.2) is 0 Å². The fraction of sp³-hybridized carbons (Fsp3) is 0.169. The second-order valence-electron chi connectivity index (χ2n) is 29.1. The molecule has 0 atom stereocenters. The van der Waals surface area contributed by atoms with Crippen molar-refractivity contribution in [2.24, 2.45) is 0 Å². The molecule has 0 bridgehead atoms. The Hall–Kier alpha value is -10.4. The number of benzene rings is 10. The zero-order valence-corrected chi connectivity index (χ0v) is 54.7. The van der Waals surface area contributed by atoms with Crippen LogP contribution in [-0.4, -0.2) is 9.97 Å².